The molecule has 2 rings (SSSR count). The molecular weight excluding hydrogens is 186 g/mol. The van der Waals surface area contributed by atoms with Crippen LogP contribution in [-0.4, -0.2) is 10.7 Å². The van der Waals surface area contributed by atoms with E-state index >= 15 is 0 Å². The van der Waals surface area contributed by atoms with Gasteiger partial charge in [-0.3, -0.25) is 5.43 Å². The van der Waals surface area contributed by atoms with Crippen molar-refractivity contribution in [3.63, 3.8) is 0 Å². The fraction of sp³-hybridized carbons (Fsp3) is 0.500. The molecule has 3 nitrogen and oxygen atoms in total. The zero-order valence-electron chi connectivity index (χ0n) is 9.16. The SMILES string of the molecule is Cc1ccc(NN=C2CCCCC2)nc1. The molecule has 0 atom stereocenters. The number of hydrazone groups is 1. The third-order valence-electron chi connectivity index (χ3n) is 2.67. The highest BCUT2D eigenvalue weighted by Gasteiger charge is 2.06. The molecule has 0 amide bonds. The Morgan fingerprint density at radius 3 is 2.67 bits per heavy atom. The van der Waals surface area contributed by atoms with Crippen molar-refractivity contribution in [2.75, 3.05) is 5.43 Å². The van der Waals surface area contributed by atoms with E-state index < -0.39 is 0 Å². The van der Waals surface area contributed by atoms with Crippen molar-refractivity contribution in [2.24, 2.45) is 5.10 Å². The van der Waals surface area contributed by atoms with Crippen molar-refractivity contribution in [2.45, 2.75) is 39.0 Å². The van der Waals surface area contributed by atoms with Crippen LogP contribution in [0.3, 0.4) is 0 Å². The van der Waals surface area contributed by atoms with Crippen LogP contribution in [0.25, 0.3) is 0 Å². The summed E-state index contributed by atoms with van der Waals surface area (Å²) in [6.45, 7) is 2.03. The van der Waals surface area contributed by atoms with Gasteiger partial charge in [0.15, 0.2) is 0 Å². The Balaban J connectivity index is 1.94. The van der Waals surface area contributed by atoms with Gasteiger partial charge in [-0.1, -0.05) is 12.5 Å². The van der Waals surface area contributed by atoms with Gasteiger partial charge in [-0.2, -0.15) is 5.10 Å². The Kier molecular flexibility index (Phi) is 3.33. The van der Waals surface area contributed by atoms with Gasteiger partial charge in [0.05, 0.1) is 0 Å². The Hall–Kier alpha value is -1.38. The van der Waals surface area contributed by atoms with Gasteiger partial charge in [0.1, 0.15) is 5.82 Å². The van der Waals surface area contributed by atoms with Crippen LogP contribution in [0.4, 0.5) is 5.82 Å². The number of nitrogens with zero attached hydrogens (tertiary/aromatic N) is 2. The van der Waals surface area contributed by atoms with E-state index in [1.807, 2.05) is 25.3 Å². The summed E-state index contributed by atoms with van der Waals surface area (Å²) in [4.78, 5) is 4.24. The van der Waals surface area contributed by atoms with Crippen molar-refractivity contribution >= 4 is 11.5 Å². The van der Waals surface area contributed by atoms with Crippen LogP contribution in [-0.2, 0) is 0 Å². The average Bonchev–Trinajstić information content (AvgIpc) is 2.30. The van der Waals surface area contributed by atoms with Crippen LogP contribution in [0, 0.1) is 6.92 Å². The molecule has 1 saturated carbocycles. The summed E-state index contributed by atoms with van der Waals surface area (Å²) < 4.78 is 0. The van der Waals surface area contributed by atoms with Gasteiger partial charge in [0.25, 0.3) is 0 Å². The number of anilines is 1. The molecule has 0 radical (unpaired) electrons. The molecular formula is C12H17N3. The minimum absolute atomic E-state index is 0.832. The predicted octanol–water partition coefficient (Wildman–Crippen LogP) is 3.12. The van der Waals surface area contributed by atoms with Crippen molar-refractivity contribution in [3.8, 4) is 0 Å². The topological polar surface area (TPSA) is 37.3 Å². The van der Waals surface area contributed by atoms with Crippen LogP contribution >= 0.6 is 0 Å². The highest BCUT2D eigenvalue weighted by Crippen LogP contribution is 2.15. The van der Waals surface area contributed by atoms with Crippen LogP contribution in [0.5, 0.6) is 0 Å². The number of hydrogen-bond donors (Lipinski definition) is 1. The highest BCUT2D eigenvalue weighted by atomic mass is 15.3. The Bertz CT molecular complexity index is 332. The van der Waals surface area contributed by atoms with E-state index in [4.69, 9.17) is 0 Å². The number of pyridine rings is 1. The number of aryl methyl sites for hydroxylation is 1. The molecule has 0 aromatic carbocycles. The second-order valence-corrected chi connectivity index (χ2v) is 4.07. The minimum atomic E-state index is 0.832. The summed E-state index contributed by atoms with van der Waals surface area (Å²) in [5, 5.41) is 4.39. The summed E-state index contributed by atoms with van der Waals surface area (Å²) in [6, 6.07) is 4.00. The monoisotopic (exact) mass is 203 g/mol. The molecule has 3 heteroatoms. The summed E-state index contributed by atoms with van der Waals surface area (Å²) in [6.07, 6.45) is 8.03. The number of nitrogens with one attached hydrogen (secondary N) is 1. The van der Waals surface area contributed by atoms with Gasteiger partial charge in [0, 0.05) is 11.9 Å². The van der Waals surface area contributed by atoms with Gasteiger partial charge >= 0.3 is 0 Å². The summed E-state index contributed by atoms with van der Waals surface area (Å²) in [7, 11) is 0. The standard InChI is InChI=1S/C12H17N3/c1-10-7-8-12(13-9-10)15-14-11-5-3-2-4-6-11/h7-9H,2-6H2,1H3,(H,13,15). The molecule has 1 aliphatic rings. The molecule has 0 unspecified atom stereocenters. The molecule has 1 aromatic heterocycles. The molecule has 0 saturated heterocycles. The van der Waals surface area contributed by atoms with E-state index in [1.165, 1.54) is 30.5 Å². The second-order valence-electron chi connectivity index (χ2n) is 4.07. The molecule has 15 heavy (non-hydrogen) atoms. The van der Waals surface area contributed by atoms with E-state index in [1.54, 1.807) is 0 Å². The number of aromatic nitrogens is 1. The first-order chi connectivity index (χ1) is 7.34. The smallest absolute Gasteiger partial charge is 0.146 e. The third-order valence-corrected chi connectivity index (χ3v) is 2.67. The Morgan fingerprint density at radius 1 is 1.20 bits per heavy atom. The predicted molar refractivity (Wildman–Crippen MR) is 63.1 cm³/mol. The van der Waals surface area contributed by atoms with E-state index in [9.17, 15) is 0 Å². The first-order valence-corrected chi connectivity index (χ1v) is 5.59. The first kappa shape index (κ1) is 10.1. The molecule has 80 valence electrons. The Morgan fingerprint density at radius 2 is 2.00 bits per heavy atom. The zero-order chi connectivity index (χ0) is 10.5. The Labute approximate surface area is 90.6 Å². The van der Waals surface area contributed by atoms with Gasteiger partial charge < -0.3 is 0 Å². The van der Waals surface area contributed by atoms with Gasteiger partial charge in [-0.25, -0.2) is 4.98 Å². The van der Waals surface area contributed by atoms with Crippen molar-refractivity contribution in [1.29, 1.82) is 0 Å². The second kappa shape index (κ2) is 4.91. The summed E-state index contributed by atoms with van der Waals surface area (Å²) in [5.74, 6) is 0.832. The molecule has 0 spiro atoms. The summed E-state index contributed by atoms with van der Waals surface area (Å²) >= 11 is 0. The molecule has 0 aliphatic heterocycles. The van der Waals surface area contributed by atoms with Crippen LogP contribution < -0.4 is 5.43 Å². The lowest BCUT2D eigenvalue weighted by molar-refractivity contribution is 0.665. The van der Waals surface area contributed by atoms with E-state index in [0.29, 0.717) is 0 Å². The van der Waals surface area contributed by atoms with E-state index in [0.717, 1.165) is 18.7 Å². The van der Waals surface area contributed by atoms with Crippen LogP contribution in [0.2, 0.25) is 0 Å². The number of rotatable bonds is 2. The maximum absolute atomic E-state index is 4.39. The molecule has 1 N–H and O–H groups in total. The van der Waals surface area contributed by atoms with Crippen molar-refractivity contribution < 1.29 is 0 Å². The first-order valence-electron chi connectivity index (χ1n) is 5.59. The maximum Gasteiger partial charge on any atom is 0.146 e. The van der Waals surface area contributed by atoms with Crippen LogP contribution in [0.1, 0.15) is 37.7 Å². The highest BCUT2D eigenvalue weighted by molar-refractivity contribution is 5.85. The van der Waals surface area contributed by atoms with E-state index in [2.05, 4.69) is 15.5 Å². The van der Waals surface area contributed by atoms with Gasteiger partial charge in [-0.05, 0) is 44.2 Å². The molecule has 1 aromatic rings. The lowest BCUT2D eigenvalue weighted by atomic mass is 9.99. The molecule has 1 heterocycles. The maximum atomic E-state index is 4.39. The van der Waals surface area contributed by atoms with Crippen molar-refractivity contribution in [3.05, 3.63) is 23.9 Å². The lowest BCUT2D eigenvalue weighted by Crippen LogP contribution is -2.07. The van der Waals surface area contributed by atoms with E-state index in [-0.39, 0.29) is 0 Å². The van der Waals surface area contributed by atoms with Gasteiger partial charge in [-0.15, -0.1) is 0 Å². The summed E-state index contributed by atoms with van der Waals surface area (Å²) in [5.41, 5.74) is 5.47. The quantitative estimate of drug-likeness (QED) is 0.750. The number of hydrogen-bond acceptors (Lipinski definition) is 3. The zero-order valence-corrected chi connectivity index (χ0v) is 9.16. The van der Waals surface area contributed by atoms with Crippen LogP contribution in [0.15, 0.2) is 23.4 Å². The largest absolute Gasteiger partial charge is 0.261 e. The lowest BCUT2D eigenvalue weighted by Gasteiger charge is -2.12. The van der Waals surface area contributed by atoms with Crippen molar-refractivity contribution in [1.82, 2.24) is 4.98 Å². The average molecular weight is 203 g/mol. The van der Waals surface area contributed by atoms with Gasteiger partial charge in [0.2, 0.25) is 0 Å². The minimum Gasteiger partial charge on any atom is -0.261 e. The normalized spacial score (nSPS) is 16.2. The third kappa shape index (κ3) is 3.05. The fourth-order valence-corrected chi connectivity index (χ4v) is 1.74. The molecule has 0 bridgehead atoms. The molecule has 1 aliphatic carbocycles. The fourth-order valence-electron chi connectivity index (χ4n) is 1.74. The molecule has 1 fully saturated rings.